The number of halogens is 1. The quantitative estimate of drug-likeness (QED) is 0.919. The summed E-state index contributed by atoms with van der Waals surface area (Å²) in [5, 5.41) is 13.0. The molecule has 1 unspecified atom stereocenters. The highest BCUT2D eigenvalue weighted by atomic mass is 35.5. The molecule has 1 atom stereocenters. The van der Waals surface area contributed by atoms with Crippen molar-refractivity contribution in [2.75, 3.05) is 24.5 Å². The van der Waals surface area contributed by atoms with E-state index < -0.39 is 0 Å². The lowest BCUT2D eigenvalue weighted by Gasteiger charge is -2.35. The Bertz CT molecular complexity index is 616. The molecule has 1 aromatic carbocycles. The highest BCUT2D eigenvalue weighted by Gasteiger charge is 2.26. The second-order valence-corrected chi connectivity index (χ2v) is 7.57. The lowest BCUT2D eigenvalue weighted by atomic mass is 9.93. The van der Waals surface area contributed by atoms with Gasteiger partial charge in [0.05, 0.1) is 16.3 Å². The Kier molecular flexibility index (Phi) is 5.54. The number of piperidine rings is 1. The molecule has 4 nitrogen and oxygen atoms in total. The van der Waals surface area contributed by atoms with Crippen LogP contribution in [0.15, 0.2) is 18.2 Å². The van der Waals surface area contributed by atoms with Gasteiger partial charge in [-0.2, -0.15) is 5.26 Å². The number of carbonyl (C=O) groups is 1. The molecule has 1 aliphatic rings. The van der Waals surface area contributed by atoms with Crippen molar-refractivity contribution in [3.63, 3.8) is 0 Å². The van der Waals surface area contributed by atoms with Crippen LogP contribution in [0.4, 0.5) is 5.69 Å². The molecule has 1 aromatic rings. The van der Waals surface area contributed by atoms with Crippen LogP contribution in [0.1, 0.15) is 39.2 Å². The molecule has 0 bridgehead atoms. The minimum Gasteiger partial charge on any atom is -0.369 e. The molecule has 1 saturated heterocycles. The van der Waals surface area contributed by atoms with E-state index in [4.69, 9.17) is 11.6 Å². The van der Waals surface area contributed by atoms with E-state index in [-0.39, 0.29) is 11.3 Å². The van der Waals surface area contributed by atoms with E-state index in [0.29, 0.717) is 23.0 Å². The van der Waals surface area contributed by atoms with E-state index in [1.54, 1.807) is 12.1 Å². The number of nitriles is 1. The number of benzene rings is 1. The molecule has 1 aliphatic heterocycles. The standard InChI is InChI=1S/C18H24ClN3O/c1-18(2,3)17(23)21-11-13-6-5-9-22(12-13)16-14(10-20)7-4-8-15(16)19/h4,7-8,13H,5-6,9,11-12H2,1-3H3,(H,21,23). The first-order valence-electron chi connectivity index (χ1n) is 8.05. The average Bonchev–Trinajstić information content (AvgIpc) is 2.51. The molecule has 1 heterocycles. The maximum atomic E-state index is 12.0. The van der Waals surface area contributed by atoms with E-state index in [2.05, 4.69) is 16.3 Å². The fraction of sp³-hybridized carbons (Fsp3) is 0.556. The van der Waals surface area contributed by atoms with Crippen LogP contribution in [0.2, 0.25) is 5.02 Å². The van der Waals surface area contributed by atoms with Crippen LogP contribution in [-0.4, -0.2) is 25.5 Å². The van der Waals surface area contributed by atoms with Crippen LogP contribution in [0.3, 0.4) is 0 Å². The zero-order chi connectivity index (χ0) is 17.0. The van der Waals surface area contributed by atoms with Gasteiger partial charge in [-0.1, -0.05) is 38.4 Å². The lowest BCUT2D eigenvalue weighted by molar-refractivity contribution is -0.128. The number of hydrogen-bond acceptors (Lipinski definition) is 3. The van der Waals surface area contributed by atoms with E-state index in [1.165, 1.54) is 0 Å². The molecule has 0 aromatic heterocycles. The van der Waals surface area contributed by atoms with Crippen LogP contribution < -0.4 is 10.2 Å². The Hall–Kier alpha value is -1.73. The predicted molar refractivity (Wildman–Crippen MR) is 93.6 cm³/mol. The van der Waals surface area contributed by atoms with Crippen LogP contribution in [0.25, 0.3) is 0 Å². The third-order valence-electron chi connectivity index (χ3n) is 4.17. The molecule has 124 valence electrons. The monoisotopic (exact) mass is 333 g/mol. The first-order valence-corrected chi connectivity index (χ1v) is 8.42. The molecule has 0 spiro atoms. The first kappa shape index (κ1) is 17.6. The Balaban J connectivity index is 2.05. The van der Waals surface area contributed by atoms with E-state index in [1.807, 2.05) is 26.8 Å². The summed E-state index contributed by atoms with van der Waals surface area (Å²) in [7, 11) is 0. The highest BCUT2D eigenvalue weighted by Crippen LogP contribution is 2.32. The number of para-hydroxylation sites is 1. The molecule has 5 heteroatoms. The number of carbonyl (C=O) groups excluding carboxylic acids is 1. The van der Waals surface area contributed by atoms with Crippen LogP contribution in [-0.2, 0) is 4.79 Å². The van der Waals surface area contributed by atoms with E-state index >= 15 is 0 Å². The van der Waals surface area contributed by atoms with Crippen molar-refractivity contribution < 1.29 is 4.79 Å². The largest absolute Gasteiger partial charge is 0.369 e. The number of amides is 1. The summed E-state index contributed by atoms with van der Waals surface area (Å²) in [5.74, 6) is 0.447. The smallest absolute Gasteiger partial charge is 0.225 e. The molecule has 1 amide bonds. The molecule has 2 rings (SSSR count). The molecule has 1 N–H and O–H groups in total. The number of nitrogens with one attached hydrogen (secondary N) is 1. The third kappa shape index (κ3) is 4.39. The van der Waals surface area contributed by atoms with Gasteiger partial charge in [0.25, 0.3) is 0 Å². The number of hydrogen-bond donors (Lipinski definition) is 1. The van der Waals surface area contributed by atoms with Gasteiger partial charge in [0.2, 0.25) is 5.91 Å². The number of rotatable bonds is 3. The predicted octanol–water partition coefficient (Wildman–Crippen LogP) is 3.59. The van der Waals surface area contributed by atoms with Crippen LogP contribution in [0.5, 0.6) is 0 Å². The molecule has 0 radical (unpaired) electrons. The first-order chi connectivity index (χ1) is 10.8. The molecule has 23 heavy (non-hydrogen) atoms. The Morgan fingerprint density at radius 3 is 2.87 bits per heavy atom. The molecule has 0 saturated carbocycles. The Labute approximate surface area is 143 Å². The SMILES string of the molecule is CC(C)(C)C(=O)NCC1CCCN(c2c(Cl)cccc2C#N)C1. The summed E-state index contributed by atoms with van der Waals surface area (Å²) in [4.78, 5) is 14.2. The fourth-order valence-corrected chi connectivity index (χ4v) is 3.16. The second-order valence-electron chi connectivity index (χ2n) is 7.16. The summed E-state index contributed by atoms with van der Waals surface area (Å²) >= 11 is 6.31. The van der Waals surface area contributed by atoms with Crippen LogP contribution in [0, 0.1) is 22.7 Å². The Morgan fingerprint density at radius 2 is 2.22 bits per heavy atom. The van der Waals surface area contributed by atoms with Crippen molar-refractivity contribution in [2.45, 2.75) is 33.6 Å². The van der Waals surface area contributed by atoms with Gasteiger partial charge >= 0.3 is 0 Å². The zero-order valence-corrected chi connectivity index (χ0v) is 14.8. The molecule has 1 fully saturated rings. The number of anilines is 1. The van der Waals surface area contributed by atoms with Gasteiger partial charge in [0, 0.05) is 25.0 Å². The van der Waals surface area contributed by atoms with Crippen molar-refractivity contribution in [1.29, 1.82) is 5.26 Å². The van der Waals surface area contributed by atoms with E-state index in [9.17, 15) is 10.1 Å². The fourth-order valence-electron chi connectivity index (χ4n) is 2.86. The van der Waals surface area contributed by atoms with Crippen molar-refractivity contribution in [1.82, 2.24) is 5.32 Å². The summed E-state index contributed by atoms with van der Waals surface area (Å²) in [6.07, 6.45) is 2.11. The third-order valence-corrected chi connectivity index (χ3v) is 4.48. The van der Waals surface area contributed by atoms with Gasteiger partial charge in [-0.05, 0) is 30.9 Å². The molecule has 0 aliphatic carbocycles. The maximum absolute atomic E-state index is 12.0. The van der Waals surface area contributed by atoms with Crippen LogP contribution >= 0.6 is 11.6 Å². The summed E-state index contributed by atoms with van der Waals surface area (Å²) in [5.41, 5.74) is 1.06. The molecular weight excluding hydrogens is 310 g/mol. The topological polar surface area (TPSA) is 56.1 Å². The average molecular weight is 334 g/mol. The zero-order valence-electron chi connectivity index (χ0n) is 14.0. The second kappa shape index (κ2) is 7.23. The number of nitrogens with zero attached hydrogens (tertiary/aromatic N) is 2. The summed E-state index contributed by atoms with van der Waals surface area (Å²) < 4.78 is 0. The van der Waals surface area contributed by atoms with Crippen molar-refractivity contribution in [3.05, 3.63) is 28.8 Å². The molecular formula is C18H24ClN3O. The normalized spacial score (nSPS) is 18.4. The maximum Gasteiger partial charge on any atom is 0.225 e. The van der Waals surface area contributed by atoms with Crippen molar-refractivity contribution >= 4 is 23.2 Å². The minimum atomic E-state index is -0.370. The summed E-state index contributed by atoms with van der Waals surface area (Å²) in [6.45, 7) is 8.11. The highest BCUT2D eigenvalue weighted by molar-refractivity contribution is 6.33. The van der Waals surface area contributed by atoms with Gasteiger partial charge in [-0.15, -0.1) is 0 Å². The van der Waals surface area contributed by atoms with Gasteiger partial charge < -0.3 is 10.2 Å². The van der Waals surface area contributed by atoms with Gasteiger partial charge in [0.15, 0.2) is 0 Å². The van der Waals surface area contributed by atoms with Gasteiger partial charge in [-0.25, -0.2) is 0 Å². The van der Waals surface area contributed by atoms with Crippen molar-refractivity contribution in [3.8, 4) is 6.07 Å². The minimum absolute atomic E-state index is 0.0741. The van der Waals surface area contributed by atoms with Gasteiger partial charge in [0.1, 0.15) is 6.07 Å². The van der Waals surface area contributed by atoms with E-state index in [0.717, 1.165) is 31.6 Å². The lowest BCUT2D eigenvalue weighted by Crippen LogP contribution is -2.43. The van der Waals surface area contributed by atoms with Crippen molar-refractivity contribution in [2.24, 2.45) is 11.3 Å². The summed E-state index contributed by atoms with van der Waals surface area (Å²) in [6, 6.07) is 7.64. The van der Waals surface area contributed by atoms with Gasteiger partial charge in [-0.3, -0.25) is 4.79 Å². The Morgan fingerprint density at radius 1 is 1.48 bits per heavy atom.